The summed E-state index contributed by atoms with van der Waals surface area (Å²) in [4.78, 5) is 13.5. The van der Waals surface area contributed by atoms with Gasteiger partial charge in [0.2, 0.25) is 12.7 Å². The van der Waals surface area contributed by atoms with Crippen molar-refractivity contribution in [1.82, 2.24) is 4.90 Å². The van der Waals surface area contributed by atoms with Crippen molar-refractivity contribution in [3.63, 3.8) is 0 Å². The number of likely N-dealkylation sites (N-methyl/N-ethyl adjacent to an activating group) is 1. The van der Waals surface area contributed by atoms with Crippen LogP contribution in [0.25, 0.3) is 0 Å². The average Bonchev–Trinajstić information content (AvgIpc) is 2.90. The van der Waals surface area contributed by atoms with E-state index in [4.69, 9.17) is 18.9 Å². The first-order chi connectivity index (χ1) is 9.70. The van der Waals surface area contributed by atoms with Crippen LogP contribution in [0, 0.1) is 0 Å². The second-order valence-electron chi connectivity index (χ2n) is 4.48. The quantitative estimate of drug-likeness (QED) is 0.699. The molecule has 1 amide bonds. The first-order valence-electron chi connectivity index (χ1n) is 6.40. The third-order valence-corrected chi connectivity index (χ3v) is 2.94. The van der Waals surface area contributed by atoms with Crippen molar-refractivity contribution in [1.29, 1.82) is 0 Å². The fourth-order valence-corrected chi connectivity index (χ4v) is 1.81. The normalized spacial score (nSPS) is 12.5. The topological polar surface area (TPSA) is 57.2 Å². The lowest BCUT2D eigenvalue weighted by Gasteiger charge is -2.17. The number of fused-ring (bicyclic) bond motifs is 1. The number of benzene rings is 1. The zero-order valence-electron chi connectivity index (χ0n) is 11.8. The second-order valence-corrected chi connectivity index (χ2v) is 4.48. The Bertz CT molecular complexity index is 463. The number of nitrogens with zero attached hydrogens (tertiary/aromatic N) is 1. The van der Waals surface area contributed by atoms with E-state index >= 15 is 0 Å². The number of hydrogen-bond acceptors (Lipinski definition) is 5. The zero-order chi connectivity index (χ0) is 14.4. The summed E-state index contributed by atoms with van der Waals surface area (Å²) in [6.07, 6.45) is 0. The van der Waals surface area contributed by atoms with Crippen LogP contribution in [-0.2, 0) is 20.8 Å². The molecule has 1 aliphatic heterocycles. The molecule has 0 radical (unpaired) electrons. The lowest BCUT2D eigenvalue weighted by molar-refractivity contribution is -0.135. The number of rotatable bonds is 7. The number of amides is 1. The van der Waals surface area contributed by atoms with Crippen LogP contribution in [0.15, 0.2) is 18.2 Å². The van der Waals surface area contributed by atoms with E-state index in [-0.39, 0.29) is 19.3 Å². The van der Waals surface area contributed by atoms with Gasteiger partial charge in [-0.05, 0) is 17.7 Å². The Balaban J connectivity index is 1.81. The van der Waals surface area contributed by atoms with Gasteiger partial charge in [-0.25, -0.2) is 0 Å². The molecule has 0 spiro atoms. The van der Waals surface area contributed by atoms with Crippen LogP contribution in [0.4, 0.5) is 0 Å². The number of carbonyl (C=O) groups is 1. The molecule has 0 saturated carbocycles. The van der Waals surface area contributed by atoms with E-state index in [2.05, 4.69) is 0 Å². The molecule has 6 heteroatoms. The van der Waals surface area contributed by atoms with Crippen molar-refractivity contribution in [2.75, 3.05) is 40.8 Å². The highest BCUT2D eigenvalue weighted by atomic mass is 16.7. The summed E-state index contributed by atoms with van der Waals surface area (Å²) in [5.74, 6) is 1.39. The lowest BCUT2D eigenvalue weighted by Crippen LogP contribution is -2.30. The molecule has 6 nitrogen and oxygen atoms in total. The molecular weight excluding hydrogens is 262 g/mol. The maximum atomic E-state index is 11.8. The van der Waals surface area contributed by atoms with Crippen LogP contribution >= 0.6 is 0 Å². The maximum Gasteiger partial charge on any atom is 0.248 e. The molecule has 110 valence electrons. The summed E-state index contributed by atoms with van der Waals surface area (Å²) in [6, 6.07) is 5.66. The average molecular weight is 281 g/mol. The highest BCUT2D eigenvalue weighted by Crippen LogP contribution is 2.32. The van der Waals surface area contributed by atoms with E-state index in [1.165, 1.54) is 0 Å². The van der Waals surface area contributed by atoms with Crippen LogP contribution in [0.3, 0.4) is 0 Å². The van der Waals surface area contributed by atoms with Gasteiger partial charge in [0.15, 0.2) is 11.5 Å². The molecule has 0 aromatic heterocycles. The van der Waals surface area contributed by atoms with E-state index in [1.807, 2.05) is 18.2 Å². The summed E-state index contributed by atoms with van der Waals surface area (Å²) in [5, 5.41) is 0. The minimum atomic E-state index is -0.0706. The molecule has 20 heavy (non-hydrogen) atoms. The van der Waals surface area contributed by atoms with Gasteiger partial charge < -0.3 is 23.8 Å². The fourth-order valence-electron chi connectivity index (χ4n) is 1.81. The Kier molecular flexibility index (Phi) is 5.20. The minimum Gasteiger partial charge on any atom is -0.454 e. The van der Waals surface area contributed by atoms with Crippen molar-refractivity contribution in [3.05, 3.63) is 23.8 Å². The van der Waals surface area contributed by atoms with Crippen LogP contribution in [-0.4, -0.2) is 51.6 Å². The molecule has 0 N–H and O–H groups in total. The SMILES string of the molecule is COCCOCC(=O)N(C)Cc1ccc2c(c1)OCO2. The van der Waals surface area contributed by atoms with E-state index in [0.29, 0.717) is 19.8 Å². The smallest absolute Gasteiger partial charge is 0.248 e. The van der Waals surface area contributed by atoms with Gasteiger partial charge in [-0.2, -0.15) is 0 Å². The van der Waals surface area contributed by atoms with Crippen molar-refractivity contribution >= 4 is 5.91 Å². The summed E-state index contributed by atoms with van der Waals surface area (Å²) in [7, 11) is 3.34. The van der Waals surface area contributed by atoms with Crippen LogP contribution in [0.2, 0.25) is 0 Å². The summed E-state index contributed by atoms with van der Waals surface area (Å²) >= 11 is 0. The predicted octanol–water partition coefficient (Wildman–Crippen LogP) is 1.04. The monoisotopic (exact) mass is 281 g/mol. The molecule has 0 saturated heterocycles. The molecule has 1 aliphatic rings. The molecule has 1 aromatic carbocycles. The van der Waals surface area contributed by atoms with Crippen LogP contribution in [0.5, 0.6) is 11.5 Å². The lowest BCUT2D eigenvalue weighted by atomic mass is 10.2. The molecular formula is C14H19NO5. The zero-order valence-corrected chi connectivity index (χ0v) is 11.8. The molecule has 0 unspecified atom stereocenters. The minimum absolute atomic E-state index is 0.0599. The first kappa shape index (κ1) is 14.6. The first-order valence-corrected chi connectivity index (χ1v) is 6.40. The Labute approximate surface area is 118 Å². The number of carbonyl (C=O) groups excluding carboxylic acids is 1. The number of methoxy groups -OCH3 is 1. The van der Waals surface area contributed by atoms with Crippen molar-refractivity contribution in [2.24, 2.45) is 0 Å². The molecule has 2 rings (SSSR count). The summed E-state index contributed by atoms with van der Waals surface area (Å²) in [5.41, 5.74) is 0.988. The number of hydrogen-bond donors (Lipinski definition) is 0. The largest absolute Gasteiger partial charge is 0.454 e. The molecule has 0 atom stereocenters. The summed E-state index contributed by atoms with van der Waals surface area (Å²) in [6.45, 7) is 1.72. The van der Waals surface area contributed by atoms with E-state index in [0.717, 1.165) is 17.1 Å². The van der Waals surface area contributed by atoms with Crippen molar-refractivity contribution in [2.45, 2.75) is 6.54 Å². The van der Waals surface area contributed by atoms with Gasteiger partial charge in [0, 0.05) is 20.7 Å². The Morgan fingerprint density at radius 2 is 2.10 bits per heavy atom. The maximum absolute atomic E-state index is 11.8. The van der Waals surface area contributed by atoms with Gasteiger partial charge in [-0.1, -0.05) is 6.07 Å². The Hall–Kier alpha value is -1.79. The summed E-state index contributed by atoms with van der Waals surface area (Å²) < 4.78 is 20.6. The molecule has 0 bridgehead atoms. The second kappa shape index (κ2) is 7.12. The van der Waals surface area contributed by atoms with Gasteiger partial charge in [0.25, 0.3) is 0 Å². The van der Waals surface area contributed by atoms with Crippen molar-refractivity contribution < 1.29 is 23.7 Å². The number of ether oxygens (including phenoxy) is 4. The highest BCUT2D eigenvalue weighted by molar-refractivity contribution is 5.77. The highest BCUT2D eigenvalue weighted by Gasteiger charge is 2.15. The van der Waals surface area contributed by atoms with E-state index in [9.17, 15) is 4.79 Å². The van der Waals surface area contributed by atoms with Gasteiger partial charge >= 0.3 is 0 Å². The van der Waals surface area contributed by atoms with Gasteiger partial charge in [-0.3, -0.25) is 4.79 Å². The van der Waals surface area contributed by atoms with Gasteiger partial charge in [0.05, 0.1) is 13.2 Å². The third kappa shape index (κ3) is 3.85. The molecule has 1 aromatic rings. The van der Waals surface area contributed by atoms with Gasteiger partial charge in [0.1, 0.15) is 6.61 Å². The standard InChI is InChI=1S/C14H19NO5/c1-15(14(16)9-18-6-5-17-2)8-11-3-4-12-13(7-11)20-10-19-12/h3-4,7H,5-6,8-10H2,1-2H3. The fraction of sp³-hybridized carbons (Fsp3) is 0.500. The molecule has 1 heterocycles. The molecule has 0 fully saturated rings. The van der Waals surface area contributed by atoms with E-state index in [1.54, 1.807) is 19.1 Å². The molecule has 0 aliphatic carbocycles. The third-order valence-electron chi connectivity index (χ3n) is 2.94. The van der Waals surface area contributed by atoms with Crippen molar-refractivity contribution in [3.8, 4) is 11.5 Å². The Morgan fingerprint density at radius 3 is 2.90 bits per heavy atom. The van der Waals surface area contributed by atoms with Crippen LogP contribution in [0.1, 0.15) is 5.56 Å². The Morgan fingerprint density at radius 1 is 1.30 bits per heavy atom. The van der Waals surface area contributed by atoms with E-state index < -0.39 is 0 Å². The van der Waals surface area contributed by atoms with Crippen LogP contribution < -0.4 is 9.47 Å². The predicted molar refractivity (Wildman–Crippen MR) is 71.7 cm³/mol. The van der Waals surface area contributed by atoms with Gasteiger partial charge in [-0.15, -0.1) is 0 Å².